The molecule has 0 aromatic rings. The van der Waals surface area contributed by atoms with Gasteiger partial charge in [0.1, 0.15) is 6.61 Å². The lowest BCUT2D eigenvalue weighted by molar-refractivity contribution is -0.174. The van der Waals surface area contributed by atoms with Crippen LogP contribution in [0.4, 0.5) is 13.2 Å². The number of hydrogen-bond acceptors (Lipinski definition) is 3. The molecule has 2 N–H and O–H groups in total. The number of nitrogens with zero attached hydrogens (tertiary/aromatic N) is 1. The van der Waals surface area contributed by atoms with Crippen LogP contribution in [-0.2, 0) is 4.74 Å². The molecule has 0 radical (unpaired) electrons. The van der Waals surface area contributed by atoms with Crippen LogP contribution in [0.2, 0.25) is 0 Å². The highest BCUT2D eigenvalue weighted by Crippen LogP contribution is 2.25. The predicted octanol–water partition coefficient (Wildman–Crippen LogP) is 1.62. The zero-order chi connectivity index (χ0) is 13.1. The Labute approximate surface area is 100 Å². The molecule has 17 heavy (non-hydrogen) atoms. The van der Waals surface area contributed by atoms with Crippen molar-refractivity contribution >= 4 is 0 Å². The van der Waals surface area contributed by atoms with Crippen LogP contribution in [0.1, 0.15) is 20.3 Å². The Morgan fingerprint density at radius 3 is 2.41 bits per heavy atom. The van der Waals surface area contributed by atoms with Crippen molar-refractivity contribution in [3.63, 3.8) is 0 Å². The SMILES string of the molecule is CC(C)C1(N)CN(CCCOCC(F)(F)F)C1. The van der Waals surface area contributed by atoms with Gasteiger partial charge in [-0.25, -0.2) is 0 Å². The Bertz CT molecular complexity index is 237. The molecule has 1 fully saturated rings. The number of likely N-dealkylation sites (tertiary alicyclic amines) is 1. The van der Waals surface area contributed by atoms with E-state index >= 15 is 0 Å². The van der Waals surface area contributed by atoms with Crippen LogP contribution in [0.5, 0.6) is 0 Å². The Balaban J connectivity index is 2.00. The summed E-state index contributed by atoms with van der Waals surface area (Å²) in [7, 11) is 0. The molecule has 0 aliphatic carbocycles. The standard InChI is InChI=1S/C11H21F3N2O/c1-9(2)10(15)6-16(7-10)4-3-5-17-8-11(12,13)14/h9H,3-8,15H2,1-2H3. The Kier molecular flexibility index (Phi) is 4.80. The van der Waals surface area contributed by atoms with Gasteiger partial charge in [-0.3, -0.25) is 4.90 Å². The molecule has 0 aromatic heterocycles. The number of alkyl halides is 3. The fraction of sp³-hybridized carbons (Fsp3) is 1.00. The first-order chi connectivity index (χ1) is 7.73. The van der Waals surface area contributed by atoms with Crippen molar-refractivity contribution in [1.82, 2.24) is 4.90 Å². The number of nitrogens with two attached hydrogens (primary N) is 1. The Morgan fingerprint density at radius 1 is 1.35 bits per heavy atom. The summed E-state index contributed by atoms with van der Waals surface area (Å²) in [5, 5.41) is 0. The summed E-state index contributed by atoms with van der Waals surface area (Å²) in [5.74, 6) is 0.431. The molecule has 0 aromatic carbocycles. The van der Waals surface area contributed by atoms with E-state index in [4.69, 9.17) is 5.73 Å². The maximum absolute atomic E-state index is 11.8. The zero-order valence-corrected chi connectivity index (χ0v) is 10.4. The zero-order valence-electron chi connectivity index (χ0n) is 10.4. The average Bonchev–Trinajstić information content (AvgIpc) is 2.11. The maximum atomic E-state index is 11.8. The van der Waals surface area contributed by atoms with Gasteiger partial charge in [-0.05, 0) is 12.3 Å². The van der Waals surface area contributed by atoms with Gasteiger partial charge in [0.2, 0.25) is 0 Å². The van der Waals surface area contributed by atoms with E-state index in [0.29, 0.717) is 12.3 Å². The van der Waals surface area contributed by atoms with Gasteiger partial charge in [0.15, 0.2) is 0 Å². The highest BCUT2D eigenvalue weighted by molar-refractivity contribution is 5.01. The molecule has 0 unspecified atom stereocenters. The van der Waals surface area contributed by atoms with Crippen LogP contribution in [0.15, 0.2) is 0 Å². The predicted molar refractivity (Wildman–Crippen MR) is 59.7 cm³/mol. The summed E-state index contributed by atoms with van der Waals surface area (Å²) in [4.78, 5) is 2.15. The first-order valence-electron chi connectivity index (χ1n) is 5.89. The highest BCUT2D eigenvalue weighted by Gasteiger charge is 2.41. The van der Waals surface area contributed by atoms with Crippen LogP contribution in [0.3, 0.4) is 0 Å². The van der Waals surface area contributed by atoms with Gasteiger partial charge in [-0.15, -0.1) is 0 Å². The van der Waals surface area contributed by atoms with E-state index < -0.39 is 12.8 Å². The lowest BCUT2D eigenvalue weighted by Gasteiger charge is -2.50. The lowest BCUT2D eigenvalue weighted by Crippen LogP contribution is -2.69. The maximum Gasteiger partial charge on any atom is 0.411 e. The van der Waals surface area contributed by atoms with Crippen LogP contribution in [0, 0.1) is 5.92 Å². The van der Waals surface area contributed by atoms with Gasteiger partial charge in [0.25, 0.3) is 0 Å². The van der Waals surface area contributed by atoms with E-state index in [1.165, 1.54) is 0 Å². The molecule has 0 amide bonds. The second-order valence-corrected chi connectivity index (χ2v) is 5.12. The number of hydrogen-bond donors (Lipinski definition) is 1. The molecule has 0 spiro atoms. The van der Waals surface area contributed by atoms with E-state index in [1.54, 1.807) is 0 Å². The molecule has 1 saturated heterocycles. The number of halogens is 3. The smallest absolute Gasteiger partial charge is 0.372 e. The molecule has 1 heterocycles. The molecule has 102 valence electrons. The molecule has 3 nitrogen and oxygen atoms in total. The van der Waals surface area contributed by atoms with Crippen LogP contribution >= 0.6 is 0 Å². The van der Waals surface area contributed by atoms with Gasteiger partial charge in [-0.1, -0.05) is 13.8 Å². The second kappa shape index (κ2) is 5.54. The summed E-state index contributed by atoms with van der Waals surface area (Å²) in [6, 6.07) is 0. The van der Waals surface area contributed by atoms with Gasteiger partial charge < -0.3 is 10.5 Å². The van der Waals surface area contributed by atoms with E-state index in [-0.39, 0.29) is 12.1 Å². The van der Waals surface area contributed by atoms with E-state index in [0.717, 1.165) is 19.6 Å². The van der Waals surface area contributed by atoms with E-state index in [9.17, 15) is 13.2 Å². The summed E-state index contributed by atoms with van der Waals surface area (Å²) < 4.78 is 39.8. The minimum absolute atomic E-state index is 0.118. The molecule has 0 atom stereocenters. The van der Waals surface area contributed by atoms with Crippen LogP contribution in [-0.4, -0.2) is 49.5 Å². The molecule has 1 aliphatic heterocycles. The van der Waals surface area contributed by atoms with Gasteiger partial charge >= 0.3 is 6.18 Å². The number of ether oxygens (including phenoxy) is 1. The van der Waals surface area contributed by atoms with E-state index in [1.807, 2.05) is 0 Å². The minimum Gasteiger partial charge on any atom is -0.372 e. The molecule has 0 bridgehead atoms. The van der Waals surface area contributed by atoms with Gasteiger partial charge in [0.05, 0.1) is 0 Å². The Hall–Kier alpha value is -0.330. The third-order valence-electron chi connectivity index (χ3n) is 3.21. The van der Waals surface area contributed by atoms with Crippen molar-refractivity contribution in [3.05, 3.63) is 0 Å². The van der Waals surface area contributed by atoms with Crippen molar-refractivity contribution in [2.24, 2.45) is 11.7 Å². The minimum atomic E-state index is -4.22. The molecule has 1 aliphatic rings. The summed E-state index contributed by atoms with van der Waals surface area (Å²) in [5.41, 5.74) is 5.98. The summed E-state index contributed by atoms with van der Waals surface area (Å²) >= 11 is 0. The summed E-state index contributed by atoms with van der Waals surface area (Å²) in [6.07, 6.45) is -3.61. The second-order valence-electron chi connectivity index (χ2n) is 5.12. The van der Waals surface area contributed by atoms with Crippen molar-refractivity contribution in [1.29, 1.82) is 0 Å². The fourth-order valence-corrected chi connectivity index (χ4v) is 1.89. The van der Waals surface area contributed by atoms with Crippen molar-refractivity contribution in [3.8, 4) is 0 Å². The molecule has 0 saturated carbocycles. The highest BCUT2D eigenvalue weighted by atomic mass is 19.4. The van der Waals surface area contributed by atoms with Crippen molar-refractivity contribution in [2.75, 3.05) is 32.8 Å². The van der Waals surface area contributed by atoms with Gasteiger partial charge in [-0.2, -0.15) is 13.2 Å². The first-order valence-corrected chi connectivity index (χ1v) is 5.89. The van der Waals surface area contributed by atoms with Crippen LogP contribution < -0.4 is 5.73 Å². The monoisotopic (exact) mass is 254 g/mol. The lowest BCUT2D eigenvalue weighted by atomic mass is 9.80. The van der Waals surface area contributed by atoms with Crippen LogP contribution in [0.25, 0.3) is 0 Å². The van der Waals surface area contributed by atoms with Gasteiger partial charge in [0, 0.05) is 31.8 Å². The third-order valence-corrected chi connectivity index (χ3v) is 3.21. The van der Waals surface area contributed by atoms with Crippen molar-refractivity contribution < 1.29 is 17.9 Å². The quantitative estimate of drug-likeness (QED) is 0.732. The van der Waals surface area contributed by atoms with Crippen molar-refractivity contribution in [2.45, 2.75) is 32.0 Å². The third kappa shape index (κ3) is 4.81. The normalized spacial score (nSPS) is 20.6. The molecular weight excluding hydrogens is 233 g/mol. The molecular formula is C11H21F3N2O. The number of rotatable bonds is 6. The fourth-order valence-electron chi connectivity index (χ4n) is 1.89. The first kappa shape index (κ1) is 14.7. The largest absolute Gasteiger partial charge is 0.411 e. The topological polar surface area (TPSA) is 38.5 Å². The molecule has 1 rings (SSSR count). The molecule has 6 heteroatoms. The average molecular weight is 254 g/mol. The van der Waals surface area contributed by atoms with E-state index in [2.05, 4.69) is 23.5 Å². The Morgan fingerprint density at radius 2 is 1.94 bits per heavy atom. The summed E-state index contributed by atoms with van der Waals surface area (Å²) in [6.45, 7) is 5.57.